The Morgan fingerprint density at radius 2 is 2.07 bits per heavy atom. The topological polar surface area (TPSA) is 35.2 Å². The van der Waals surface area contributed by atoms with Crippen LogP contribution >= 0.6 is 0 Å². The highest BCUT2D eigenvalue weighted by Gasteiger charge is 2.05. The van der Waals surface area contributed by atoms with Gasteiger partial charge in [-0.15, -0.1) is 0 Å². The molecular formula is C12H17NO. The van der Waals surface area contributed by atoms with Crippen LogP contribution in [0.4, 0.5) is 5.69 Å². The molecule has 1 aromatic carbocycles. The fraction of sp³-hybridized carbons (Fsp3) is 0.333. The Kier molecular flexibility index (Phi) is 3.18. The third-order valence-electron chi connectivity index (χ3n) is 1.91. The summed E-state index contributed by atoms with van der Waals surface area (Å²) in [7, 11) is 0. The third-order valence-corrected chi connectivity index (χ3v) is 1.91. The lowest BCUT2D eigenvalue weighted by molar-refractivity contribution is 0.352. The molecule has 0 unspecified atom stereocenters. The number of hydrogen-bond acceptors (Lipinski definition) is 2. The van der Waals surface area contributed by atoms with E-state index in [-0.39, 0.29) is 0 Å². The van der Waals surface area contributed by atoms with E-state index in [0.29, 0.717) is 12.3 Å². The van der Waals surface area contributed by atoms with Crippen molar-refractivity contribution in [3.63, 3.8) is 0 Å². The van der Waals surface area contributed by atoms with Crippen molar-refractivity contribution in [3.05, 3.63) is 35.4 Å². The van der Waals surface area contributed by atoms with Gasteiger partial charge in [-0.3, -0.25) is 0 Å². The molecule has 0 aliphatic rings. The molecule has 2 nitrogen and oxygen atoms in total. The number of nitrogens with two attached hydrogens (primary N) is 1. The van der Waals surface area contributed by atoms with Gasteiger partial charge in [-0.05, 0) is 43.5 Å². The van der Waals surface area contributed by atoms with Crippen LogP contribution in [0.5, 0.6) is 5.75 Å². The molecule has 0 aromatic heterocycles. The van der Waals surface area contributed by atoms with Gasteiger partial charge in [-0.2, -0.15) is 0 Å². The smallest absolute Gasteiger partial charge is 0.145 e. The summed E-state index contributed by atoms with van der Waals surface area (Å²) in [6, 6.07) is 3.98. The van der Waals surface area contributed by atoms with Gasteiger partial charge < -0.3 is 10.5 Å². The van der Waals surface area contributed by atoms with Crippen molar-refractivity contribution in [2.45, 2.75) is 20.8 Å². The minimum absolute atomic E-state index is 0.522. The number of rotatable bonds is 3. The summed E-state index contributed by atoms with van der Waals surface area (Å²) in [5.41, 5.74) is 9.77. The molecule has 0 atom stereocenters. The van der Waals surface area contributed by atoms with Crippen molar-refractivity contribution in [2.75, 3.05) is 12.3 Å². The first-order valence-corrected chi connectivity index (χ1v) is 4.64. The Hall–Kier alpha value is -1.44. The van der Waals surface area contributed by atoms with Crippen molar-refractivity contribution >= 4 is 5.69 Å². The molecule has 76 valence electrons. The Bertz CT molecular complexity index is 332. The summed E-state index contributed by atoms with van der Waals surface area (Å²) in [4.78, 5) is 0. The summed E-state index contributed by atoms with van der Waals surface area (Å²) in [6.45, 7) is 10.3. The van der Waals surface area contributed by atoms with E-state index in [1.807, 2.05) is 26.8 Å². The van der Waals surface area contributed by atoms with Gasteiger partial charge in [0, 0.05) is 0 Å². The standard InChI is InChI=1S/C12H17NO/c1-8(2)7-14-12-10(4)5-9(3)6-11(12)13/h5-6H,1,7,13H2,2-4H3. The van der Waals surface area contributed by atoms with E-state index in [2.05, 4.69) is 12.6 Å². The molecule has 14 heavy (non-hydrogen) atoms. The summed E-state index contributed by atoms with van der Waals surface area (Å²) >= 11 is 0. The summed E-state index contributed by atoms with van der Waals surface area (Å²) in [5, 5.41) is 0. The lowest BCUT2D eigenvalue weighted by atomic mass is 10.1. The fourth-order valence-corrected chi connectivity index (χ4v) is 1.38. The van der Waals surface area contributed by atoms with Crippen molar-refractivity contribution in [1.29, 1.82) is 0 Å². The van der Waals surface area contributed by atoms with E-state index in [1.165, 1.54) is 0 Å². The SMILES string of the molecule is C=C(C)COc1c(C)cc(C)cc1N. The van der Waals surface area contributed by atoms with Crippen LogP contribution in [0.15, 0.2) is 24.3 Å². The number of aryl methyl sites for hydroxylation is 2. The Morgan fingerprint density at radius 1 is 1.43 bits per heavy atom. The number of nitrogen functional groups attached to an aromatic ring is 1. The van der Waals surface area contributed by atoms with E-state index >= 15 is 0 Å². The average Bonchev–Trinajstić information content (AvgIpc) is 2.01. The zero-order valence-electron chi connectivity index (χ0n) is 9.05. The van der Waals surface area contributed by atoms with E-state index in [4.69, 9.17) is 10.5 Å². The van der Waals surface area contributed by atoms with Crippen molar-refractivity contribution in [2.24, 2.45) is 0 Å². The van der Waals surface area contributed by atoms with Crippen LogP contribution < -0.4 is 10.5 Å². The molecule has 0 saturated heterocycles. The Morgan fingerprint density at radius 3 is 2.57 bits per heavy atom. The number of hydrogen-bond donors (Lipinski definition) is 1. The minimum atomic E-state index is 0.522. The molecule has 0 fully saturated rings. The van der Waals surface area contributed by atoms with E-state index < -0.39 is 0 Å². The monoisotopic (exact) mass is 191 g/mol. The van der Waals surface area contributed by atoms with Crippen molar-refractivity contribution in [3.8, 4) is 5.75 Å². The Labute approximate surface area is 85.4 Å². The lowest BCUT2D eigenvalue weighted by Crippen LogP contribution is -2.02. The lowest BCUT2D eigenvalue weighted by Gasteiger charge is -2.12. The minimum Gasteiger partial charge on any atom is -0.487 e. The third kappa shape index (κ3) is 2.52. The molecule has 0 bridgehead atoms. The van der Waals surface area contributed by atoms with Gasteiger partial charge in [-0.25, -0.2) is 0 Å². The number of benzene rings is 1. The van der Waals surface area contributed by atoms with Crippen LogP contribution in [0.3, 0.4) is 0 Å². The second kappa shape index (κ2) is 4.18. The molecule has 2 N–H and O–H groups in total. The first kappa shape index (κ1) is 10.6. The maximum absolute atomic E-state index is 5.85. The molecule has 0 radical (unpaired) electrons. The molecule has 0 amide bonds. The zero-order valence-corrected chi connectivity index (χ0v) is 9.05. The second-order valence-electron chi connectivity index (χ2n) is 3.75. The first-order valence-electron chi connectivity index (χ1n) is 4.64. The molecule has 1 rings (SSSR count). The van der Waals surface area contributed by atoms with Crippen LogP contribution in [0.2, 0.25) is 0 Å². The number of anilines is 1. The normalized spacial score (nSPS) is 9.93. The summed E-state index contributed by atoms with van der Waals surface area (Å²) < 4.78 is 5.56. The van der Waals surface area contributed by atoms with E-state index in [1.54, 1.807) is 0 Å². The predicted octanol–water partition coefficient (Wildman–Crippen LogP) is 2.84. The quantitative estimate of drug-likeness (QED) is 0.589. The van der Waals surface area contributed by atoms with Crippen molar-refractivity contribution < 1.29 is 4.74 Å². The summed E-state index contributed by atoms with van der Waals surface area (Å²) in [5.74, 6) is 0.776. The van der Waals surface area contributed by atoms with Crippen LogP contribution in [-0.4, -0.2) is 6.61 Å². The molecule has 2 heteroatoms. The largest absolute Gasteiger partial charge is 0.487 e. The first-order chi connectivity index (χ1) is 6.50. The van der Waals surface area contributed by atoms with Gasteiger partial charge >= 0.3 is 0 Å². The number of ether oxygens (including phenoxy) is 1. The van der Waals surface area contributed by atoms with Gasteiger partial charge in [0.2, 0.25) is 0 Å². The van der Waals surface area contributed by atoms with Gasteiger partial charge in [0.1, 0.15) is 12.4 Å². The van der Waals surface area contributed by atoms with E-state index in [0.717, 1.165) is 22.4 Å². The highest BCUT2D eigenvalue weighted by Crippen LogP contribution is 2.27. The maximum atomic E-state index is 5.85. The highest BCUT2D eigenvalue weighted by molar-refractivity contribution is 5.58. The maximum Gasteiger partial charge on any atom is 0.145 e. The van der Waals surface area contributed by atoms with Gasteiger partial charge in [0.15, 0.2) is 0 Å². The highest BCUT2D eigenvalue weighted by atomic mass is 16.5. The predicted molar refractivity (Wildman–Crippen MR) is 60.6 cm³/mol. The molecule has 0 heterocycles. The van der Waals surface area contributed by atoms with Gasteiger partial charge in [0.25, 0.3) is 0 Å². The molecule has 0 saturated carbocycles. The molecule has 0 aliphatic carbocycles. The van der Waals surface area contributed by atoms with Gasteiger partial charge in [0.05, 0.1) is 5.69 Å². The average molecular weight is 191 g/mol. The molecule has 0 spiro atoms. The second-order valence-corrected chi connectivity index (χ2v) is 3.75. The van der Waals surface area contributed by atoms with E-state index in [9.17, 15) is 0 Å². The van der Waals surface area contributed by atoms with Crippen molar-refractivity contribution in [1.82, 2.24) is 0 Å². The molecular weight excluding hydrogens is 174 g/mol. The van der Waals surface area contributed by atoms with Crippen LogP contribution in [-0.2, 0) is 0 Å². The van der Waals surface area contributed by atoms with Crippen LogP contribution in [0.25, 0.3) is 0 Å². The van der Waals surface area contributed by atoms with Crippen LogP contribution in [0, 0.1) is 13.8 Å². The fourth-order valence-electron chi connectivity index (χ4n) is 1.38. The zero-order chi connectivity index (χ0) is 10.7. The molecule has 0 aliphatic heterocycles. The van der Waals surface area contributed by atoms with Gasteiger partial charge in [-0.1, -0.05) is 12.6 Å². The summed E-state index contributed by atoms with van der Waals surface area (Å²) in [6.07, 6.45) is 0. The van der Waals surface area contributed by atoms with Crippen LogP contribution in [0.1, 0.15) is 18.1 Å². The Balaban J connectivity index is 2.91. The molecule has 1 aromatic rings.